The van der Waals surface area contributed by atoms with E-state index in [-0.39, 0.29) is 17.2 Å². The van der Waals surface area contributed by atoms with Gasteiger partial charge in [0, 0.05) is 35.7 Å². The zero-order chi connectivity index (χ0) is 21.9. The molecular formula is C22H22FN3O3S. The molecule has 0 bridgehead atoms. The fourth-order valence-electron chi connectivity index (χ4n) is 2.86. The largest absolute Gasteiger partial charge is 0.470 e. The summed E-state index contributed by atoms with van der Waals surface area (Å²) in [6, 6.07) is 6.27. The van der Waals surface area contributed by atoms with Crippen LogP contribution in [-0.2, 0) is 16.8 Å². The molecule has 0 aliphatic rings. The number of hydrogen-bond acceptors (Lipinski definition) is 6. The second kappa shape index (κ2) is 8.76. The molecular weight excluding hydrogens is 405 g/mol. The van der Waals surface area contributed by atoms with E-state index in [2.05, 4.69) is 21.4 Å². The molecule has 3 aromatic rings. The van der Waals surface area contributed by atoms with Crippen molar-refractivity contribution in [2.24, 2.45) is 0 Å². The molecule has 8 heteroatoms. The summed E-state index contributed by atoms with van der Waals surface area (Å²) in [5.74, 6) is 2.48. The summed E-state index contributed by atoms with van der Waals surface area (Å²) in [5.41, 5.74) is -0.352. The molecule has 30 heavy (non-hydrogen) atoms. The molecule has 0 aliphatic carbocycles. The van der Waals surface area contributed by atoms with E-state index >= 15 is 0 Å². The number of terminal acetylenes is 1. The van der Waals surface area contributed by atoms with Gasteiger partial charge in [-0.25, -0.2) is 4.39 Å². The Morgan fingerprint density at radius 3 is 2.80 bits per heavy atom. The average molecular weight is 428 g/mol. The molecule has 1 N–H and O–H groups in total. The zero-order valence-electron chi connectivity index (χ0n) is 17.2. The molecule has 0 saturated heterocycles. The molecule has 0 saturated carbocycles. The fraction of sp³-hybridized carbons (Fsp3) is 0.318. The first-order valence-electron chi connectivity index (χ1n) is 9.31. The number of thioether (sulfide) groups is 1. The number of rotatable bonds is 7. The molecule has 2 heterocycles. The van der Waals surface area contributed by atoms with Crippen LogP contribution in [0.25, 0.3) is 10.9 Å². The van der Waals surface area contributed by atoms with E-state index in [1.807, 2.05) is 26.8 Å². The van der Waals surface area contributed by atoms with Crippen LogP contribution in [0, 0.1) is 18.2 Å². The van der Waals surface area contributed by atoms with Crippen molar-refractivity contribution in [2.75, 3.05) is 6.26 Å². The van der Waals surface area contributed by atoms with Crippen LogP contribution in [0.4, 0.5) is 4.39 Å². The number of carbonyl (C=O) groups excluding carboxylic acids is 1. The standard InChI is InChI=1S/C22H22FN3O3S/c1-6-13-8-14-9-16(10-17(23)19(14)24-12-13)28-21(30-5)20(27)25-22(3,4)18-11-15(7-2)29-26-18/h1,8-12,21H,7H2,2-5H3,(H,25,27). The van der Waals surface area contributed by atoms with Gasteiger partial charge < -0.3 is 14.6 Å². The number of nitrogens with zero attached hydrogens (tertiary/aromatic N) is 2. The first-order valence-corrected chi connectivity index (χ1v) is 10.6. The van der Waals surface area contributed by atoms with Crippen LogP contribution in [0.5, 0.6) is 5.75 Å². The van der Waals surface area contributed by atoms with E-state index in [0.29, 0.717) is 23.1 Å². The average Bonchev–Trinajstić information content (AvgIpc) is 3.21. The number of ether oxygens (including phenoxy) is 1. The van der Waals surface area contributed by atoms with Gasteiger partial charge in [-0.05, 0) is 32.2 Å². The van der Waals surface area contributed by atoms with Crippen LogP contribution < -0.4 is 10.1 Å². The predicted molar refractivity (Wildman–Crippen MR) is 115 cm³/mol. The first-order chi connectivity index (χ1) is 14.3. The monoisotopic (exact) mass is 427 g/mol. The maximum Gasteiger partial charge on any atom is 0.272 e. The second-order valence-corrected chi connectivity index (χ2v) is 8.08. The number of aromatic nitrogens is 2. The van der Waals surface area contributed by atoms with Gasteiger partial charge in [-0.2, -0.15) is 0 Å². The first kappa shape index (κ1) is 21.7. The van der Waals surface area contributed by atoms with Crippen molar-refractivity contribution < 1.29 is 18.4 Å². The lowest BCUT2D eigenvalue weighted by Crippen LogP contribution is -2.46. The van der Waals surface area contributed by atoms with Crippen molar-refractivity contribution in [2.45, 2.75) is 38.2 Å². The predicted octanol–water partition coefficient (Wildman–Crippen LogP) is 4.03. The Hall–Kier alpha value is -3.05. The maximum atomic E-state index is 14.4. The molecule has 0 radical (unpaired) electrons. The summed E-state index contributed by atoms with van der Waals surface area (Å²) in [6.07, 6.45) is 9.26. The van der Waals surface area contributed by atoms with Gasteiger partial charge >= 0.3 is 0 Å². The van der Waals surface area contributed by atoms with E-state index in [0.717, 1.165) is 5.76 Å². The summed E-state index contributed by atoms with van der Waals surface area (Å²) in [7, 11) is 0. The third-order valence-corrected chi connectivity index (χ3v) is 5.27. The van der Waals surface area contributed by atoms with Gasteiger partial charge in [-0.15, -0.1) is 18.2 Å². The van der Waals surface area contributed by atoms with Gasteiger partial charge in [0.1, 0.15) is 22.7 Å². The smallest absolute Gasteiger partial charge is 0.272 e. The number of amides is 1. The summed E-state index contributed by atoms with van der Waals surface area (Å²) in [5, 5.41) is 7.44. The number of aryl methyl sites for hydroxylation is 1. The minimum atomic E-state index is -0.901. The summed E-state index contributed by atoms with van der Waals surface area (Å²) in [4.78, 5) is 16.9. The van der Waals surface area contributed by atoms with Crippen LogP contribution >= 0.6 is 11.8 Å². The highest BCUT2D eigenvalue weighted by molar-refractivity contribution is 7.99. The van der Waals surface area contributed by atoms with Crippen LogP contribution in [0.1, 0.15) is 37.8 Å². The summed E-state index contributed by atoms with van der Waals surface area (Å²) < 4.78 is 25.5. The van der Waals surface area contributed by atoms with Crippen molar-refractivity contribution in [3.63, 3.8) is 0 Å². The molecule has 156 valence electrons. The highest BCUT2D eigenvalue weighted by Gasteiger charge is 2.31. The van der Waals surface area contributed by atoms with Crippen molar-refractivity contribution in [1.29, 1.82) is 0 Å². The van der Waals surface area contributed by atoms with Gasteiger partial charge in [-0.3, -0.25) is 9.78 Å². The van der Waals surface area contributed by atoms with Gasteiger partial charge in [0.2, 0.25) is 5.44 Å². The zero-order valence-corrected chi connectivity index (χ0v) is 18.0. The topological polar surface area (TPSA) is 77.2 Å². The molecule has 1 atom stereocenters. The minimum Gasteiger partial charge on any atom is -0.470 e. The van der Waals surface area contributed by atoms with Gasteiger partial charge in [0.25, 0.3) is 5.91 Å². The molecule has 1 amide bonds. The molecule has 1 aromatic carbocycles. The number of carbonyl (C=O) groups is 1. The van der Waals surface area contributed by atoms with E-state index in [9.17, 15) is 9.18 Å². The highest BCUT2D eigenvalue weighted by atomic mass is 32.2. The Labute approximate surface area is 178 Å². The Morgan fingerprint density at radius 2 is 2.17 bits per heavy atom. The number of halogens is 1. The van der Waals surface area contributed by atoms with Crippen LogP contribution in [-0.4, -0.2) is 27.7 Å². The van der Waals surface area contributed by atoms with Crippen LogP contribution in [0.2, 0.25) is 0 Å². The van der Waals surface area contributed by atoms with Crippen LogP contribution in [0.15, 0.2) is 35.0 Å². The number of pyridine rings is 1. The molecule has 2 aromatic heterocycles. The summed E-state index contributed by atoms with van der Waals surface area (Å²) in [6.45, 7) is 5.60. The normalized spacial score (nSPS) is 12.4. The Bertz CT molecular complexity index is 1120. The van der Waals surface area contributed by atoms with E-state index < -0.39 is 16.8 Å². The third-order valence-electron chi connectivity index (χ3n) is 4.53. The second-order valence-electron chi connectivity index (χ2n) is 7.18. The lowest BCUT2D eigenvalue weighted by atomic mass is 10.0. The van der Waals surface area contributed by atoms with E-state index in [1.54, 1.807) is 18.4 Å². The number of hydrogen-bond donors (Lipinski definition) is 1. The molecule has 0 aliphatic heterocycles. The minimum absolute atomic E-state index is 0.186. The van der Waals surface area contributed by atoms with Crippen molar-refractivity contribution in [3.05, 3.63) is 53.3 Å². The third kappa shape index (κ3) is 4.57. The quantitative estimate of drug-likeness (QED) is 0.453. The van der Waals surface area contributed by atoms with Gasteiger partial charge in [0.15, 0.2) is 5.82 Å². The lowest BCUT2D eigenvalue weighted by Gasteiger charge is -2.26. The Balaban J connectivity index is 1.80. The molecule has 1 unspecified atom stereocenters. The van der Waals surface area contributed by atoms with Crippen molar-refractivity contribution in [3.8, 4) is 18.1 Å². The van der Waals surface area contributed by atoms with Crippen molar-refractivity contribution in [1.82, 2.24) is 15.5 Å². The SMILES string of the molecule is C#Cc1cnc2c(F)cc(OC(SC)C(=O)NC(C)(C)c3cc(CC)on3)cc2c1. The van der Waals surface area contributed by atoms with Crippen molar-refractivity contribution >= 4 is 28.6 Å². The maximum absolute atomic E-state index is 14.4. The molecule has 0 fully saturated rings. The van der Waals surface area contributed by atoms with Gasteiger partial charge in [-0.1, -0.05) is 18.0 Å². The highest BCUT2D eigenvalue weighted by Crippen LogP contribution is 2.27. The van der Waals surface area contributed by atoms with E-state index in [1.165, 1.54) is 24.0 Å². The molecule has 0 spiro atoms. The number of nitrogens with one attached hydrogen (secondary N) is 1. The fourth-order valence-corrected chi connectivity index (χ4v) is 3.34. The van der Waals surface area contributed by atoms with Gasteiger partial charge in [0.05, 0.1) is 5.54 Å². The Kier molecular flexibility index (Phi) is 6.32. The van der Waals surface area contributed by atoms with Crippen LogP contribution in [0.3, 0.4) is 0 Å². The lowest BCUT2D eigenvalue weighted by molar-refractivity contribution is -0.126. The number of fused-ring (bicyclic) bond motifs is 1. The Morgan fingerprint density at radius 1 is 1.40 bits per heavy atom. The summed E-state index contributed by atoms with van der Waals surface area (Å²) >= 11 is 1.19. The molecule has 3 rings (SSSR count). The van der Waals surface area contributed by atoms with E-state index in [4.69, 9.17) is 15.7 Å². The number of benzene rings is 1. The molecule has 6 nitrogen and oxygen atoms in total.